The third kappa shape index (κ3) is 12.1. The van der Waals surface area contributed by atoms with Crippen LogP contribution in [0.4, 0.5) is 0 Å². The van der Waals surface area contributed by atoms with Crippen LogP contribution < -0.4 is 10.6 Å². The summed E-state index contributed by atoms with van der Waals surface area (Å²) < 4.78 is 56.5. The summed E-state index contributed by atoms with van der Waals surface area (Å²) in [5.74, 6) is -0.852. The fraction of sp³-hybridized carbons (Fsp3) is 0.944. The first-order valence-electron chi connectivity index (χ1n) is 20.8. The molecular weight excluding hydrogens is 908 g/mol. The minimum absolute atomic E-state index is 0.283. The topological polar surface area (TPSA) is 474 Å². The van der Waals surface area contributed by atoms with E-state index >= 15 is 0 Å². The summed E-state index contributed by atoms with van der Waals surface area (Å²) in [4.78, 5) is 23.5. The van der Waals surface area contributed by atoms with E-state index in [1.54, 1.807) is 0 Å². The van der Waals surface area contributed by atoms with Gasteiger partial charge < -0.3 is 140 Å². The molecule has 0 radical (unpaired) electrons. The Morgan fingerprint density at radius 2 is 0.879 bits per heavy atom. The van der Waals surface area contributed by atoms with Crippen molar-refractivity contribution in [3.05, 3.63) is 0 Å². The molecule has 5 aliphatic heterocycles. The molecule has 0 spiro atoms. The van der Waals surface area contributed by atoms with E-state index in [9.17, 15) is 91.3 Å². The minimum Gasteiger partial charge on any atom is -0.394 e. The molecule has 0 aliphatic carbocycles. The summed E-state index contributed by atoms with van der Waals surface area (Å²) >= 11 is 0. The molecule has 0 aromatic carbocycles. The molecule has 0 aromatic rings. The van der Waals surface area contributed by atoms with Crippen LogP contribution in [0.5, 0.6) is 0 Å². The lowest BCUT2D eigenvalue weighted by atomic mass is 9.94. The van der Waals surface area contributed by atoms with E-state index in [0.29, 0.717) is 0 Å². The van der Waals surface area contributed by atoms with Crippen LogP contribution in [-0.4, -0.2) is 300 Å². The van der Waals surface area contributed by atoms with Crippen molar-refractivity contribution >= 4 is 12.3 Å². The lowest BCUT2D eigenvalue weighted by Gasteiger charge is -2.50. The van der Waals surface area contributed by atoms with Gasteiger partial charge in [-0.1, -0.05) is 0 Å². The van der Waals surface area contributed by atoms with Crippen LogP contribution in [0.1, 0.15) is 6.92 Å². The third-order valence-corrected chi connectivity index (χ3v) is 11.7. The third-order valence-electron chi connectivity index (χ3n) is 11.7. The van der Waals surface area contributed by atoms with Crippen LogP contribution >= 0.6 is 0 Å². The molecule has 5 heterocycles. The van der Waals surface area contributed by atoms with E-state index in [1.165, 1.54) is 0 Å². The van der Waals surface area contributed by atoms with Crippen LogP contribution in [0, 0.1) is 0 Å². The Balaban J connectivity index is 1.37. The molecule has 0 saturated carbocycles. The Morgan fingerprint density at radius 1 is 0.485 bits per heavy atom. The minimum atomic E-state index is -2.16. The molecule has 30 nitrogen and oxygen atoms in total. The van der Waals surface area contributed by atoms with Crippen LogP contribution in [-0.2, 0) is 57.0 Å². The summed E-state index contributed by atoms with van der Waals surface area (Å²) in [6.07, 6.45) is -44.8. The molecule has 0 bridgehead atoms. The quantitative estimate of drug-likeness (QED) is 0.0504. The van der Waals surface area contributed by atoms with E-state index in [0.717, 1.165) is 6.92 Å². The summed E-state index contributed by atoms with van der Waals surface area (Å²) in [5.41, 5.74) is 0. The molecule has 66 heavy (non-hydrogen) atoms. The average Bonchev–Trinajstić information content (AvgIpc) is 3.30. The fourth-order valence-electron chi connectivity index (χ4n) is 8.01. The van der Waals surface area contributed by atoms with Gasteiger partial charge >= 0.3 is 0 Å². The largest absolute Gasteiger partial charge is 0.394 e. The van der Waals surface area contributed by atoms with E-state index in [2.05, 4.69) is 10.6 Å². The highest BCUT2D eigenvalue weighted by Gasteiger charge is 2.57. The number of carbonyl (C=O) groups excluding carboxylic acids is 2. The Kier molecular flexibility index (Phi) is 20.5. The number of hydrogen-bond acceptors (Lipinski definition) is 28. The lowest BCUT2D eigenvalue weighted by Crippen LogP contribution is -2.70. The SMILES string of the molecule is CC(=O)N[C@H]1[C@H](O[C@H]2[C@@H](O)[C@@H](CO)O[C@@H](O[C@H]3[C@H](O)[C@@H](O)[C@H](OC[C@@H](CO)NC=O)O[C@@H]3CO)[C@@H]2O)O[C@H](CO)[C@@H](O)[C@@H]1O[C@@H]1O[C@H](CO)[C@H](O)[C@H](O[C@H]2O[C@H](CO)[C@H](O)[C@H](O)[C@H]2O)[C@H]1O. The molecular formula is C36H62N2O28. The van der Waals surface area contributed by atoms with Gasteiger partial charge in [0.15, 0.2) is 31.5 Å². The average molecular weight is 971 g/mol. The van der Waals surface area contributed by atoms with Crippen molar-refractivity contribution in [2.75, 3.05) is 46.2 Å². The molecule has 0 aromatic heterocycles. The zero-order valence-corrected chi connectivity index (χ0v) is 35.1. The number of ether oxygens (including phenoxy) is 10. The van der Waals surface area contributed by atoms with E-state index in [-0.39, 0.29) is 6.41 Å². The molecule has 30 heteroatoms. The monoisotopic (exact) mass is 970 g/mol. The Bertz CT molecular complexity index is 1490. The fourth-order valence-corrected chi connectivity index (χ4v) is 8.01. The number of hydrogen-bond donors (Lipinski definition) is 18. The predicted octanol–water partition coefficient (Wildman–Crippen LogP) is -12.6. The summed E-state index contributed by atoms with van der Waals surface area (Å²) in [6.45, 7) is -4.73. The van der Waals surface area contributed by atoms with Crippen molar-refractivity contribution in [3.63, 3.8) is 0 Å². The number of nitrogens with one attached hydrogen (secondary N) is 2. The normalized spacial score (nSPS) is 47.2. The molecule has 5 aliphatic rings. The van der Waals surface area contributed by atoms with Gasteiger partial charge in [0.2, 0.25) is 12.3 Å². The van der Waals surface area contributed by atoms with Crippen molar-refractivity contribution in [2.24, 2.45) is 0 Å². The van der Waals surface area contributed by atoms with Crippen molar-refractivity contribution in [1.82, 2.24) is 10.6 Å². The molecule has 5 fully saturated rings. The number of amides is 2. The van der Waals surface area contributed by atoms with Gasteiger partial charge in [-0.25, -0.2) is 0 Å². The molecule has 384 valence electrons. The van der Waals surface area contributed by atoms with E-state index in [1.807, 2.05) is 0 Å². The highest BCUT2D eigenvalue weighted by molar-refractivity contribution is 5.73. The molecule has 5 rings (SSSR count). The summed E-state index contributed by atoms with van der Waals surface area (Å²) in [5, 5.41) is 174. The van der Waals surface area contributed by atoms with Crippen molar-refractivity contribution in [2.45, 2.75) is 166 Å². The highest BCUT2D eigenvalue weighted by Crippen LogP contribution is 2.36. The number of rotatable bonds is 20. The molecule has 5 saturated heterocycles. The second-order valence-electron chi connectivity index (χ2n) is 16.2. The van der Waals surface area contributed by atoms with E-state index < -0.39 is 212 Å². The van der Waals surface area contributed by atoms with Gasteiger partial charge in [0.05, 0.1) is 52.3 Å². The second-order valence-corrected chi connectivity index (χ2v) is 16.2. The van der Waals surface area contributed by atoms with Crippen LogP contribution in [0.25, 0.3) is 0 Å². The predicted molar refractivity (Wildman–Crippen MR) is 202 cm³/mol. The van der Waals surface area contributed by atoms with Crippen LogP contribution in [0.15, 0.2) is 0 Å². The first-order valence-corrected chi connectivity index (χ1v) is 20.8. The second kappa shape index (κ2) is 24.6. The summed E-state index contributed by atoms with van der Waals surface area (Å²) in [6, 6.07) is -2.71. The van der Waals surface area contributed by atoms with Gasteiger partial charge in [-0.15, -0.1) is 0 Å². The van der Waals surface area contributed by atoms with Crippen LogP contribution in [0.2, 0.25) is 0 Å². The maximum atomic E-state index is 12.7. The lowest BCUT2D eigenvalue weighted by molar-refractivity contribution is -0.386. The first kappa shape index (κ1) is 54.8. The van der Waals surface area contributed by atoms with Crippen molar-refractivity contribution in [1.29, 1.82) is 0 Å². The highest BCUT2D eigenvalue weighted by atomic mass is 16.8. The van der Waals surface area contributed by atoms with Gasteiger partial charge in [-0.3, -0.25) is 9.59 Å². The zero-order chi connectivity index (χ0) is 48.7. The molecule has 0 unspecified atom stereocenters. The molecule has 26 atom stereocenters. The first-order chi connectivity index (χ1) is 31.4. The van der Waals surface area contributed by atoms with Gasteiger partial charge in [0.1, 0.15) is 122 Å². The smallest absolute Gasteiger partial charge is 0.217 e. The zero-order valence-electron chi connectivity index (χ0n) is 35.1. The maximum absolute atomic E-state index is 12.7. The number of aliphatic hydroxyl groups excluding tert-OH is 16. The van der Waals surface area contributed by atoms with Gasteiger partial charge in [-0.2, -0.15) is 0 Å². The molecule has 18 N–H and O–H groups in total. The van der Waals surface area contributed by atoms with Crippen molar-refractivity contribution in [3.8, 4) is 0 Å². The van der Waals surface area contributed by atoms with Crippen molar-refractivity contribution < 1.29 is 139 Å². The maximum Gasteiger partial charge on any atom is 0.217 e. The van der Waals surface area contributed by atoms with Gasteiger partial charge in [-0.05, 0) is 0 Å². The Labute approximate surface area is 374 Å². The number of carbonyl (C=O) groups is 2. The molecule has 2 amide bonds. The number of aliphatic hydroxyl groups is 16. The van der Waals surface area contributed by atoms with Gasteiger partial charge in [0, 0.05) is 6.92 Å². The Morgan fingerprint density at radius 3 is 1.35 bits per heavy atom. The van der Waals surface area contributed by atoms with E-state index in [4.69, 9.17) is 47.4 Å². The van der Waals surface area contributed by atoms with Crippen LogP contribution in [0.3, 0.4) is 0 Å². The summed E-state index contributed by atoms with van der Waals surface area (Å²) in [7, 11) is 0. The van der Waals surface area contributed by atoms with Gasteiger partial charge in [0.25, 0.3) is 0 Å². The Hall–Kier alpha value is -2.10. The standard InChI is InChI=1S/C36H62N2O28/c1-10(46)38-17-29(64-36-27(56)31(21(50)15(6-43)61-36)66-34-24(53)22(51)18(47)12(3-40)59-34)19(48)13(4-41)58-32(17)65-30-20(49)14(5-42)60-35(26(30)55)63-28-16(7-44)62-33(25(54)23(28)52)57-8-11(2-39)37-9-45/h9,11-36,39-44,47-56H,2-8H2,1H3,(H,37,45)(H,38,46)/t11-,12-,13-,14-,15-,16-,17-,18+,19-,20+,21+,22+,23-,24-,25-,26-,27-,28-,29-,30+,31+,32+,33-,34-,35+,36+/m1/s1.